The molecular formula is C66H124N2O6P+. The molecule has 9 heteroatoms. The SMILES string of the molecule is CC/C=C\C/C=C\C/C=C\C/C=C\CCCCCCCCCCCCCCCCCCCCCCCCCCCCC(=O)NC(COP(=O)(O)OCC[N+](C)(C)C)C(O)/C=C/CC/C=C/CCCCCCCCCC. The second kappa shape index (κ2) is 56.7. The molecule has 0 aliphatic rings. The van der Waals surface area contributed by atoms with Crippen molar-refractivity contribution in [2.75, 3.05) is 40.9 Å². The van der Waals surface area contributed by atoms with Crippen molar-refractivity contribution in [3.05, 3.63) is 72.9 Å². The lowest BCUT2D eigenvalue weighted by Gasteiger charge is -2.25. The summed E-state index contributed by atoms with van der Waals surface area (Å²) < 4.78 is 23.7. The molecule has 0 bridgehead atoms. The standard InChI is InChI=1S/C66H123N2O6P/c1-6-8-10-12-14-16-18-20-22-23-24-25-26-27-28-29-30-31-32-33-34-35-36-37-38-39-40-41-42-43-44-45-46-48-50-52-54-56-58-60-66(70)67-64(63-74-75(71,72)73-62-61-68(3,4)5)65(69)59-57-55-53-51-49-47-21-19-17-15-13-11-9-7-2/h8,10,14,16,20,22,24-25,49,51,57,59,64-65,69H,6-7,9,11-13,15,17-19,21,23,26-48,50,52-56,58,60-63H2,1-5H3,(H-,67,70,71,72)/p+1/b10-8-,16-14-,22-20-,25-24-,51-49+,59-57+. The maximum Gasteiger partial charge on any atom is 0.472 e. The minimum Gasteiger partial charge on any atom is -0.387 e. The van der Waals surface area contributed by atoms with Crippen LogP contribution >= 0.6 is 7.82 Å². The average molecular weight is 1070 g/mol. The van der Waals surface area contributed by atoms with Crippen LogP contribution in [-0.4, -0.2) is 73.4 Å². The van der Waals surface area contributed by atoms with Crippen LogP contribution in [0, 0.1) is 0 Å². The molecule has 3 unspecified atom stereocenters. The van der Waals surface area contributed by atoms with Gasteiger partial charge in [0, 0.05) is 6.42 Å². The molecule has 75 heavy (non-hydrogen) atoms. The van der Waals surface area contributed by atoms with Crippen molar-refractivity contribution in [2.45, 2.75) is 302 Å². The summed E-state index contributed by atoms with van der Waals surface area (Å²) in [5, 5.41) is 13.9. The number of hydrogen-bond acceptors (Lipinski definition) is 5. The first-order valence-electron chi connectivity index (χ1n) is 31.8. The highest BCUT2D eigenvalue weighted by Gasteiger charge is 2.27. The smallest absolute Gasteiger partial charge is 0.387 e. The highest BCUT2D eigenvalue weighted by Crippen LogP contribution is 2.43. The fourth-order valence-electron chi connectivity index (χ4n) is 9.23. The van der Waals surface area contributed by atoms with Crippen molar-refractivity contribution in [1.82, 2.24) is 5.32 Å². The van der Waals surface area contributed by atoms with Crippen LogP contribution in [0.3, 0.4) is 0 Å². The number of rotatable bonds is 58. The van der Waals surface area contributed by atoms with Gasteiger partial charge in [-0.3, -0.25) is 13.8 Å². The van der Waals surface area contributed by atoms with Crippen LogP contribution in [0.1, 0.15) is 290 Å². The van der Waals surface area contributed by atoms with Crippen molar-refractivity contribution in [3.63, 3.8) is 0 Å². The molecule has 438 valence electrons. The molecule has 0 aromatic carbocycles. The third-order valence-electron chi connectivity index (χ3n) is 14.2. The zero-order chi connectivity index (χ0) is 54.9. The van der Waals surface area contributed by atoms with Crippen LogP contribution in [0.4, 0.5) is 0 Å². The predicted molar refractivity (Wildman–Crippen MR) is 327 cm³/mol. The molecule has 0 spiro atoms. The number of aliphatic hydroxyl groups is 1. The van der Waals surface area contributed by atoms with Gasteiger partial charge in [-0.2, -0.15) is 0 Å². The van der Waals surface area contributed by atoms with Gasteiger partial charge in [-0.1, -0.05) is 286 Å². The molecule has 0 radical (unpaired) electrons. The van der Waals surface area contributed by atoms with E-state index in [0.717, 1.165) is 64.2 Å². The van der Waals surface area contributed by atoms with Gasteiger partial charge in [0.1, 0.15) is 13.2 Å². The molecule has 1 amide bonds. The molecule has 0 aliphatic heterocycles. The highest BCUT2D eigenvalue weighted by atomic mass is 31.2. The third kappa shape index (κ3) is 59.4. The van der Waals surface area contributed by atoms with Gasteiger partial charge in [0.15, 0.2) is 0 Å². The third-order valence-corrected chi connectivity index (χ3v) is 15.1. The number of hydrogen-bond donors (Lipinski definition) is 3. The van der Waals surface area contributed by atoms with Gasteiger partial charge < -0.3 is 19.8 Å². The van der Waals surface area contributed by atoms with Crippen molar-refractivity contribution >= 4 is 13.7 Å². The topological polar surface area (TPSA) is 105 Å². The van der Waals surface area contributed by atoms with E-state index in [1.165, 1.54) is 205 Å². The minimum atomic E-state index is -4.35. The maximum atomic E-state index is 13.0. The van der Waals surface area contributed by atoms with E-state index in [0.29, 0.717) is 17.4 Å². The lowest BCUT2D eigenvalue weighted by atomic mass is 10.0. The monoisotopic (exact) mass is 1070 g/mol. The minimum absolute atomic E-state index is 0.0563. The molecule has 8 nitrogen and oxygen atoms in total. The number of phosphoric acid groups is 1. The molecule has 0 saturated carbocycles. The van der Waals surface area contributed by atoms with Crippen molar-refractivity contribution in [3.8, 4) is 0 Å². The zero-order valence-electron chi connectivity index (χ0n) is 50.0. The lowest BCUT2D eigenvalue weighted by Crippen LogP contribution is -2.45. The van der Waals surface area contributed by atoms with E-state index < -0.39 is 20.0 Å². The van der Waals surface area contributed by atoms with Gasteiger partial charge in [-0.25, -0.2) is 4.57 Å². The van der Waals surface area contributed by atoms with E-state index in [-0.39, 0.29) is 19.1 Å². The number of quaternary nitrogens is 1. The van der Waals surface area contributed by atoms with Crippen LogP contribution < -0.4 is 5.32 Å². The van der Waals surface area contributed by atoms with Gasteiger partial charge >= 0.3 is 7.82 Å². The molecule has 0 fully saturated rings. The van der Waals surface area contributed by atoms with E-state index >= 15 is 0 Å². The Morgan fingerprint density at radius 1 is 0.467 bits per heavy atom. The number of carbonyl (C=O) groups is 1. The van der Waals surface area contributed by atoms with Gasteiger partial charge in [0.05, 0.1) is 39.9 Å². The second-order valence-corrected chi connectivity index (χ2v) is 24.2. The Morgan fingerprint density at radius 2 is 0.813 bits per heavy atom. The summed E-state index contributed by atoms with van der Waals surface area (Å²) in [6, 6.07) is -0.863. The fraction of sp³-hybridized carbons (Fsp3) is 0.803. The van der Waals surface area contributed by atoms with Crippen LogP contribution in [0.2, 0.25) is 0 Å². The van der Waals surface area contributed by atoms with E-state index in [4.69, 9.17) is 9.05 Å². The zero-order valence-corrected chi connectivity index (χ0v) is 50.9. The number of unbranched alkanes of at least 4 members (excludes halogenated alkanes) is 35. The molecular weight excluding hydrogens is 948 g/mol. The molecule has 0 saturated heterocycles. The molecule has 0 aromatic heterocycles. The van der Waals surface area contributed by atoms with Crippen molar-refractivity contribution < 1.29 is 32.9 Å². The molecule has 0 aromatic rings. The number of nitrogens with zero attached hydrogens (tertiary/aromatic N) is 1. The van der Waals surface area contributed by atoms with Crippen LogP contribution in [0.5, 0.6) is 0 Å². The summed E-state index contributed by atoms with van der Waals surface area (Å²) >= 11 is 0. The number of nitrogens with one attached hydrogen (secondary N) is 1. The predicted octanol–water partition coefficient (Wildman–Crippen LogP) is 19.8. The van der Waals surface area contributed by atoms with E-state index in [1.807, 2.05) is 27.2 Å². The fourth-order valence-corrected chi connectivity index (χ4v) is 9.96. The van der Waals surface area contributed by atoms with Gasteiger partial charge in [0.2, 0.25) is 5.91 Å². The van der Waals surface area contributed by atoms with E-state index in [9.17, 15) is 19.4 Å². The Bertz CT molecular complexity index is 1450. The Kier molecular flexibility index (Phi) is 55.1. The van der Waals surface area contributed by atoms with Gasteiger partial charge in [-0.15, -0.1) is 0 Å². The van der Waals surface area contributed by atoms with E-state index in [1.54, 1.807) is 6.08 Å². The molecule has 0 rings (SSSR count). The largest absolute Gasteiger partial charge is 0.472 e. The van der Waals surface area contributed by atoms with Crippen LogP contribution in [0.15, 0.2) is 72.9 Å². The molecule has 3 atom stereocenters. The summed E-state index contributed by atoms with van der Waals surface area (Å²) in [6.07, 6.45) is 79.1. The quantitative estimate of drug-likeness (QED) is 0.0243. The summed E-state index contributed by atoms with van der Waals surface area (Å²) in [6.45, 7) is 4.69. The Morgan fingerprint density at radius 3 is 1.23 bits per heavy atom. The Hall–Kier alpha value is -2.06. The van der Waals surface area contributed by atoms with Crippen molar-refractivity contribution in [2.24, 2.45) is 0 Å². The number of amides is 1. The normalized spacial score (nSPS) is 14.3. The van der Waals surface area contributed by atoms with Crippen LogP contribution in [0.25, 0.3) is 0 Å². The average Bonchev–Trinajstić information content (AvgIpc) is 3.37. The number of likely N-dealkylation sites (N-methyl/N-ethyl adjacent to an activating group) is 1. The Balaban J connectivity index is 3.91. The second-order valence-electron chi connectivity index (χ2n) is 22.7. The summed E-state index contributed by atoms with van der Waals surface area (Å²) in [7, 11) is 1.56. The first-order chi connectivity index (χ1) is 36.5. The Labute approximate surface area is 465 Å². The first kappa shape index (κ1) is 72.9. The van der Waals surface area contributed by atoms with Crippen molar-refractivity contribution in [1.29, 1.82) is 0 Å². The lowest BCUT2D eigenvalue weighted by molar-refractivity contribution is -0.870. The number of carbonyl (C=O) groups excluding carboxylic acids is 1. The first-order valence-corrected chi connectivity index (χ1v) is 33.3. The molecule has 3 N–H and O–H groups in total. The summed E-state index contributed by atoms with van der Waals surface area (Å²) in [4.78, 5) is 23.3. The summed E-state index contributed by atoms with van der Waals surface area (Å²) in [5.74, 6) is -0.184. The van der Waals surface area contributed by atoms with Gasteiger partial charge in [-0.05, 0) is 70.6 Å². The molecule has 0 aliphatic carbocycles. The van der Waals surface area contributed by atoms with Crippen LogP contribution in [-0.2, 0) is 18.4 Å². The highest BCUT2D eigenvalue weighted by molar-refractivity contribution is 7.47. The van der Waals surface area contributed by atoms with Gasteiger partial charge in [0.25, 0.3) is 0 Å². The maximum absolute atomic E-state index is 13.0. The van der Waals surface area contributed by atoms with E-state index in [2.05, 4.69) is 79.9 Å². The number of allylic oxidation sites excluding steroid dienone is 11. The number of phosphoric ester groups is 1. The summed E-state index contributed by atoms with van der Waals surface area (Å²) in [5.41, 5.74) is 0. The number of aliphatic hydroxyl groups excluding tert-OH is 1. The molecule has 0 heterocycles.